The first-order valence-corrected chi connectivity index (χ1v) is 9.81. The second-order valence-corrected chi connectivity index (χ2v) is 7.51. The van der Waals surface area contributed by atoms with Gasteiger partial charge in [-0.05, 0) is 31.2 Å². The lowest BCUT2D eigenvalue weighted by atomic mass is 9.89. The summed E-state index contributed by atoms with van der Waals surface area (Å²) in [5.41, 5.74) is 2.38. The lowest BCUT2D eigenvalue weighted by molar-refractivity contribution is -0.192. The van der Waals surface area contributed by atoms with Crippen molar-refractivity contribution in [1.29, 1.82) is 0 Å². The average Bonchev–Trinajstić information content (AvgIpc) is 3.10. The molecule has 1 aliphatic heterocycles. The molecule has 0 bridgehead atoms. The Morgan fingerprint density at radius 3 is 2.21 bits per heavy atom. The van der Waals surface area contributed by atoms with Crippen molar-refractivity contribution >= 4 is 5.97 Å². The molecule has 0 radical (unpaired) electrons. The van der Waals surface area contributed by atoms with Crippen LogP contribution in [0.2, 0.25) is 0 Å². The number of hydrogen-bond acceptors (Lipinski definition) is 4. The van der Waals surface area contributed by atoms with E-state index >= 15 is 0 Å². The summed E-state index contributed by atoms with van der Waals surface area (Å²) in [4.78, 5) is 11.6. The van der Waals surface area contributed by atoms with Crippen molar-refractivity contribution in [2.45, 2.75) is 56.8 Å². The predicted molar refractivity (Wildman–Crippen MR) is 100 cm³/mol. The van der Waals surface area contributed by atoms with Gasteiger partial charge in [0.25, 0.3) is 0 Å². The molecular weight excluding hydrogens is 385 g/mol. The highest BCUT2D eigenvalue weighted by atomic mass is 19.4. The van der Waals surface area contributed by atoms with Crippen LogP contribution in [-0.4, -0.2) is 56.3 Å². The summed E-state index contributed by atoms with van der Waals surface area (Å²) in [6.07, 6.45) is 4.62. The fourth-order valence-corrected chi connectivity index (χ4v) is 3.65. The number of alkyl halides is 3. The van der Waals surface area contributed by atoms with Crippen molar-refractivity contribution in [3.05, 3.63) is 47.8 Å². The van der Waals surface area contributed by atoms with E-state index in [0.29, 0.717) is 6.04 Å². The zero-order valence-corrected chi connectivity index (χ0v) is 16.1. The molecule has 2 aliphatic rings. The summed E-state index contributed by atoms with van der Waals surface area (Å²) < 4.78 is 33.8. The maximum absolute atomic E-state index is 10.6. The highest BCUT2D eigenvalue weighted by Gasteiger charge is 2.38. The zero-order valence-electron chi connectivity index (χ0n) is 16.1. The number of carbonyl (C=O) groups is 1. The Morgan fingerprint density at radius 1 is 1.07 bits per heavy atom. The maximum atomic E-state index is 10.6. The number of piperidine rings is 1. The Bertz CT molecular complexity index is 783. The van der Waals surface area contributed by atoms with Crippen molar-refractivity contribution < 1.29 is 23.1 Å². The number of carboxylic acids is 1. The normalized spacial score (nSPS) is 18.6. The molecule has 158 valence electrons. The van der Waals surface area contributed by atoms with Crippen LogP contribution in [0.4, 0.5) is 13.2 Å². The summed E-state index contributed by atoms with van der Waals surface area (Å²) in [5.74, 6) is -2.76. The van der Waals surface area contributed by atoms with E-state index in [1.165, 1.54) is 50.8 Å². The molecule has 2 heterocycles. The van der Waals surface area contributed by atoms with Crippen molar-refractivity contribution in [3.63, 3.8) is 0 Å². The summed E-state index contributed by atoms with van der Waals surface area (Å²) in [7, 11) is 0. The number of hydrogen-bond donors (Lipinski definition) is 1. The summed E-state index contributed by atoms with van der Waals surface area (Å²) in [6, 6.07) is 11.9. The van der Waals surface area contributed by atoms with E-state index in [1.807, 2.05) is 0 Å². The van der Waals surface area contributed by atoms with Gasteiger partial charge in [-0.3, -0.25) is 0 Å². The minimum absolute atomic E-state index is 0.536. The van der Waals surface area contributed by atoms with E-state index in [4.69, 9.17) is 9.90 Å². The van der Waals surface area contributed by atoms with Crippen LogP contribution in [0.1, 0.15) is 49.4 Å². The maximum Gasteiger partial charge on any atom is 0.490 e. The monoisotopic (exact) mass is 410 g/mol. The van der Waals surface area contributed by atoms with E-state index in [1.54, 1.807) is 0 Å². The van der Waals surface area contributed by atoms with Gasteiger partial charge < -0.3 is 10.0 Å². The number of likely N-dealkylation sites (tertiary alicyclic amines) is 1. The lowest BCUT2D eigenvalue weighted by Gasteiger charge is -2.41. The van der Waals surface area contributed by atoms with Crippen molar-refractivity contribution in [3.8, 4) is 0 Å². The van der Waals surface area contributed by atoms with Gasteiger partial charge in [0.2, 0.25) is 0 Å². The van der Waals surface area contributed by atoms with Gasteiger partial charge in [-0.15, -0.1) is 5.10 Å². The van der Waals surface area contributed by atoms with Crippen LogP contribution in [0.3, 0.4) is 0 Å². The van der Waals surface area contributed by atoms with Gasteiger partial charge in [-0.1, -0.05) is 42.0 Å². The fourth-order valence-electron chi connectivity index (χ4n) is 3.65. The second-order valence-electron chi connectivity index (χ2n) is 7.51. The number of aliphatic carboxylic acids is 1. The summed E-state index contributed by atoms with van der Waals surface area (Å²) in [6.45, 7) is 2.45. The van der Waals surface area contributed by atoms with Crippen LogP contribution >= 0.6 is 0 Å². The zero-order chi connectivity index (χ0) is 20.9. The molecule has 2 aromatic rings. The lowest BCUT2D eigenvalue weighted by Crippen LogP contribution is -2.45. The van der Waals surface area contributed by atoms with E-state index < -0.39 is 12.1 Å². The summed E-state index contributed by atoms with van der Waals surface area (Å²) in [5, 5.41) is 15.9. The molecule has 1 aromatic heterocycles. The molecule has 0 amide bonds. The molecule has 9 heteroatoms. The van der Waals surface area contributed by atoms with E-state index in [-0.39, 0.29) is 0 Å². The van der Waals surface area contributed by atoms with Crippen molar-refractivity contribution in [2.75, 3.05) is 13.1 Å². The Labute approximate surface area is 167 Å². The van der Waals surface area contributed by atoms with Crippen molar-refractivity contribution in [1.82, 2.24) is 19.9 Å². The van der Waals surface area contributed by atoms with Crippen LogP contribution in [-0.2, 0) is 11.2 Å². The van der Waals surface area contributed by atoms with E-state index in [2.05, 4.69) is 56.4 Å². The third kappa shape index (κ3) is 6.03. The van der Waals surface area contributed by atoms with Crippen LogP contribution in [0, 0.1) is 0 Å². The highest BCUT2D eigenvalue weighted by Crippen LogP contribution is 2.30. The number of halogens is 3. The minimum atomic E-state index is -5.08. The van der Waals surface area contributed by atoms with Crippen molar-refractivity contribution in [2.24, 2.45) is 0 Å². The largest absolute Gasteiger partial charge is 0.490 e. The molecule has 1 aliphatic carbocycles. The van der Waals surface area contributed by atoms with Gasteiger partial charge in [-0.2, -0.15) is 13.2 Å². The Hall–Kier alpha value is -2.42. The van der Waals surface area contributed by atoms with Crippen LogP contribution in [0.15, 0.2) is 36.5 Å². The number of carboxylic acid groups (broad SMARTS) is 1. The molecule has 29 heavy (non-hydrogen) atoms. The fraction of sp³-hybridized carbons (Fsp3) is 0.550. The van der Waals surface area contributed by atoms with Gasteiger partial charge in [0, 0.05) is 31.7 Å². The molecule has 1 saturated carbocycles. The van der Waals surface area contributed by atoms with E-state index in [9.17, 15) is 13.2 Å². The minimum Gasteiger partial charge on any atom is -0.475 e. The molecule has 1 aromatic carbocycles. The van der Waals surface area contributed by atoms with Gasteiger partial charge in [0.15, 0.2) is 0 Å². The quantitative estimate of drug-likeness (QED) is 0.832. The Morgan fingerprint density at radius 2 is 1.69 bits per heavy atom. The van der Waals surface area contributed by atoms with Gasteiger partial charge in [0.1, 0.15) is 0 Å². The molecule has 0 atom stereocenters. The third-order valence-corrected chi connectivity index (χ3v) is 5.49. The molecule has 4 rings (SSSR count). The highest BCUT2D eigenvalue weighted by molar-refractivity contribution is 5.73. The summed E-state index contributed by atoms with van der Waals surface area (Å²) >= 11 is 0. The number of rotatable bonds is 4. The predicted octanol–water partition coefficient (Wildman–Crippen LogP) is 3.69. The molecule has 2 fully saturated rings. The molecule has 1 N–H and O–H groups in total. The number of nitrogens with zero attached hydrogens (tertiary/aromatic N) is 4. The van der Waals surface area contributed by atoms with Gasteiger partial charge in [-0.25, -0.2) is 9.48 Å². The Balaban J connectivity index is 0.000000298. The van der Waals surface area contributed by atoms with E-state index in [0.717, 1.165) is 18.2 Å². The first kappa shape index (κ1) is 21.3. The molecule has 1 saturated heterocycles. The first-order valence-electron chi connectivity index (χ1n) is 9.81. The standard InChI is InChI=1S/C18H24N4.C2HF3O2/c1-2-5-15(6-3-1)13-16-14-22(20-19-16)18-9-11-21(12-10-18)17-7-4-8-17;3-2(4,5)1(6)7/h1-3,5-6,14,17-18H,4,7-13H2;(H,6,7). The van der Waals surface area contributed by atoms with Crippen LogP contribution in [0.5, 0.6) is 0 Å². The van der Waals surface area contributed by atoms with Crippen LogP contribution < -0.4 is 0 Å². The molecule has 0 spiro atoms. The molecule has 6 nitrogen and oxygen atoms in total. The SMILES string of the molecule is O=C(O)C(F)(F)F.c1ccc(Cc2cn(C3CCN(C4CCC4)CC3)nn2)cc1. The molecular formula is C20H25F3N4O2. The number of benzene rings is 1. The van der Waals surface area contributed by atoms with Crippen LogP contribution in [0.25, 0.3) is 0 Å². The molecule has 0 unspecified atom stereocenters. The Kier molecular flexibility index (Phi) is 6.89. The smallest absolute Gasteiger partial charge is 0.475 e. The van der Waals surface area contributed by atoms with Gasteiger partial charge in [0.05, 0.1) is 11.7 Å². The number of aromatic nitrogens is 3. The first-order chi connectivity index (χ1) is 13.8. The van der Waals surface area contributed by atoms with Gasteiger partial charge >= 0.3 is 12.1 Å². The average molecular weight is 410 g/mol. The third-order valence-electron chi connectivity index (χ3n) is 5.49. The topological polar surface area (TPSA) is 71.2 Å². The second kappa shape index (κ2) is 9.39.